The summed E-state index contributed by atoms with van der Waals surface area (Å²) in [6.45, 7) is -0.273. The Morgan fingerprint density at radius 3 is 1.59 bits per heavy atom. The molecule has 0 bridgehead atoms. The van der Waals surface area contributed by atoms with Gasteiger partial charge in [0.05, 0.1) is 40.6 Å². The highest BCUT2D eigenvalue weighted by Crippen LogP contribution is 2.32. The Morgan fingerprint density at radius 1 is 0.590 bits per heavy atom. The van der Waals surface area contributed by atoms with Crippen molar-refractivity contribution in [1.29, 1.82) is 0 Å². The third-order valence-electron chi connectivity index (χ3n) is 4.91. The lowest BCUT2D eigenvalue weighted by Crippen LogP contribution is -1.91. The molecule has 3 aromatic carbocycles. The molecule has 0 radical (unpaired) electrons. The second kappa shape index (κ2) is 18.9. The molecule has 0 atom stereocenters. The van der Waals surface area contributed by atoms with Gasteiger partial charge in [-0.1, -0.05) is 54.7 Å². The second-order valence-electron chi connectivity index (χ2n) is 7.67. The first-order valence-corrected chi connectivity index (χ1v) is 11.8. The number of aliphatic hydroxyl groups is 4. The Bertz CT molecular complexity index is 1170. The topological polar surface area (TPSA) is 160 Å². The van der Waals surface area contributed by atoms with Crippen LogP contribution in [-0.4, -0.2) is 69.8 Å². The average Bonchev–Trinajstić information content (AvgIpc) is 2.96. The molecule has 9 heteroatoms. The summed E-state index contributed by atoms with van der Waals surface area (Å²) in [6.07, 6.45) is 10.0. The minimum atomic E-state index is -0.261. The van der Waals surface area contributed by atoms with Gasteiger partial charge in [0, 0.05) is 5.56 Å². The van der Waals surface area contributed by atoms with Crippen LogP contribution in [0.15, 0.2) is 72.8 Å². The van der Waals surface area contributed by atoms with Crippen molar-refractivity contribution in [2.75, 3.05) is 34.0 Å². The molecule has 0 spiro atoms. The zero-order valence-electron chi connectivity index (χ0n) is 21.9. The molecule has 0 saturated carbocycles. The summed E-state index contributed by atoms with van der Waals surface area (Å²) in [7, 11) is 2.93. The molecule has 9 nitrogen and oxygen atoms in total. The molecular formula is C30H36O9. The monoisotopic (exact) mass is 540 g/mol. The number of hydrogen-bond acceptors (Lipinski definition) is 9. The van der Waals surface area contributed by atoms with Crippen molar-refractivity contribution in [1.82, 2.24) is 0 Å². The fourth-order valence-corrected chi connectivity index (χ4v) is 3.01. The fourth-order valence-electron chi connectivity index (χ4n) is 3.01. The van der Waals surface area contributed by atoms with Crippen molar-refractivity contribution in [3.8, 4) is 28.7 Å². The Hall–Kier alpha value is -4.28. The molecule has 0 aliphatic rings. The van der Waals surface area contributed by atoms with E-state index in [1.54, 1.807) is 91.1 Å². The van der Waals surface area contributed by atoms with Crippen molar-refractivity contribution >= 4 is 18.2 Å². The minimum absolute atomic E-state index is 0.00317. The number of hydrogen-bond donors (Lipinski definition) is 7. The normalized spacial score (nSPS) is 10.7. The third kappa shape index (κ3) is 12.2. The SMILES string of the molecule is COc1cc(/C=C/CO)cc(CO)c1O.COc1cc(/C=C/CO)ccc1O.OC/C=C/c1ccc(O)cc1. The van der Waals surface area contributed by atoms with E-state index >= 15 is 0 Å². The van der Waals surface area contributed by atoms with E-state index in [0.29, 0.717) is 17.1 Å². The summed E-state index contributed by atoms with van der Waals surface area (Å²) >= 11 is 0. The van der Waals surface area contributed by atoms with E-state index in [1.165, 1.54) is 14.2 Å². The number of benzene rings is 3. The van der Waals surface area contributed by atoms with Gasteiger partial charge in [0.15, 0.2) is 23.0 Å². The Kier molecular flexibility index (Phi) is 15.9. The van der Waals surface area contributed by atoms with Crippen LogP contribution in [0.25, 0.3) is 18.2 Å². The molecule has 210 valence electrons. The predicted molar refractivity (Wildman–Crippen MR) is 152 cm³/mol. The number of rotatable bonds is 9. The molecule has 7 N–H and O–H groups in total. The molecule has 0 aliphatic carbocycles. The van der Waals surface area contributed by atoms with Gasteiger partial charge in [0.25, 0.3) is 0 Å². The van der Waals surface area contributed by atoms with Crippen LogP contribution >= 0.6 is 0 Å². The molecule has 0 amide bonds. The van der Waals surface area contributed by atoms with Crippen LogP contribution in [0, 0.1) is 0 Å². The van der Waals surface area contributed by atoms with E-state index in [2.05, 4.69) is 0 Å². The van der Waals surface area contributed by atoms with E-state index < -0.39 is 0 Å². The Labute approximate surface area is 228 Å². The smallest absolute Gasteiger partial charge is 0.163 e. The van der Waals surface area contributed by atoms with E-state index in [0.717, 1.165) is 16.7 Å². The highest BCUT2D eigenvalue weighted by molar-refractivity contribution is 5.59. The number of methoxy groups -OCH3 is 2. The standard InChI is InChI=1S/C11H14O4.C10H12O3.C9H10O2/c1-15-10-6-8(3-2-4-12)5-9(7-13)11(10)14;1-13-10-7-8(3-2-6-11)4-5-9(10)12;10-7-1-2-8-3-5-9(11)6-4-8/h2-3,5-6,12-14H,4,7H2,1H3;2-5,7,11-12H,6H2,1H3;1-6,10-11H,7H2/b2*3-2+;2-1+. The Morgan fingerprint density at radius 2 is 1.08 bits per heavy atom. The van der Waals surface area contributed by atoms with Gasteiger partial charge in [-0.2, -0.15) is 0 Å². The van der Waals surface area contributed by atoms with Gasteiger partial charge < -0.3 is 45.2 Å². The molecule has 0 aliphatic heterocycles. The second-order valence-corrected chi connectivity index (χ2v) is 7.67. The molecule has 0 heterocycles. The van der Waals surface area contributed by atoms with Crippen molar-refractivity contribution in [3.63, 3.8) is 0 Å². The summed E-state index contributed by atoms with van der Waals surface area (Å²) in [6, 6.07) is 15.0. The number of aliphatic hydroxyl groups excluding tert-OH is 4. The van der Waals surface area contributed by atoms with Gasteiger partial charge in [0.1, 0.15) is 5.75 Å². The largest absolute Gasteiger partial charge is 0.508 e. The van der Waals surface area contributed by atoms with Crippen molar-refractivity contribution in [2.45, 2.75) is 6.61 Å². The van der Waals surface area contributed by atoms with Gasteiger partial charge in [-0.05, 0) is 53.1 Å². The average molecular weight is 541 g/mol. The number of aromatic hydroxyl groups is 3. The van der Waals surface area contributed by atoms with Crippen LogP contribution in [0.2, 0.25) is 0 Å². The van der Waals surface area contributed by atoms with Crippen molar-refractivity contribution in [3.05, 3.63) is 95.1 Å². The Balaban J connectivity index is 0.000000296. The molecule has 3 aromatic rings. The third-order valence-corrected chi connectivity index (χ3v) is 4.91. The maximum absolute atomic E-state index is 9.58. The summed E-state index contributed by atoms with van der Waals surface area (Å²) in [4.78, 5) is 0. The van der Waals surface area contributed by atoms with Gasteiger partial charge in [-0.3, -0.25) is 0 Å². The van der Waals surface area contributed by atoms with E-state index in [9.17, 15) is 10.2 Å². The molecule has 0 unspecified atom stereocenters. The van der Waals surface area contributed by atoms with Crippen LogP contribution in [0.1, 0.15) is 22.3 Å². The first-order valence-electron chi connectivity index (χ1n) is 11.8. The van der Waals surface area contributed by atoms with Crippen molar-refractivity contribution in [2.24, 2.45) is 0 Å². The first kappa shape index (κ1) is 32.7. The molecule has 0 aromatic heterocycles. The van der Waals surface area contributed by atoms with Crippen LogP contribution in [0.5, 0.6) is 28.7 Å². The maximum atomic E-state index is 9.58. The van der Waals surface area contributed by atoms with E-state index in [4.69, 9.17) is 35.0 Å². The van der Waals surface area contributed by atoms with Crippen LogP contribution in [0.3, 0.4) is 0 Å². The van der Waals surface area contributed by atoms with Gasteiger partial charge >= 0.3 is 0 Å². The lowest BCUT2D eigenvalue weighted by Gasteiger charge is -2.08. The van der Waals surface area contributed by atoms with E-state index in [-0.39, 0.29) is 43.7 Å². The predicted octanol–water partition coefficient (Wildman–Crippen LogP) is 3.70. The lowest BCUT2D eigenvalue weighted by atomic mass is 10.1. The molecule has 0 fully saturated rings. The van der Waals surface area contributed by atoms with Crippen LogP contribution in [0.4, 0.5) is 0 Å². The number of ether oxygens (including phenoxy) is 2. The van der Waals surface area contributed by atoms with Gasteiger partial charge in [-0.15, -0.1) is 0 Å². The first-order chi connectivity index (χ1) is 18.8. The molecule has 3 rings (SSSR count). The fraction of sp³-hybridized carbons (Fsp3) is 0.200. The number of phenols is 3. The summed E-state index contributed by atoms with van der Waals surface area (Å²) in [5.41, 5.74) is 3.00. The highest BCUT2D eigenvalue weighted by atomic mass is 16.5. The summed E-state index contributed by atoms with van der Waals surface area (Å²) in [5.74, 6) is 1.05. The zero-order valence-corrected chi connectivity index (χ0v) is 21.9. The number of phenolic OH excluding ortho intramolecular Hbond substituents is 2. The zero-order chi connectivity index (χ0) is 29.0. The molecular weight excluding hydrogens is 504 g/mol. The lowest BCUT2D eigenvalue weighted by molar-refractivity contribution is 0.272. The van der Waals surface area contributed by atoms with Crippen molar-refractivity contribution < 1.29 is 45.2 Å². The maximum Gasteiger partial charge on any atom is 0.163 e. The van der Waals surface area contributed by atoms with Gasteiger partial charge in [0.2, 0.25) is 0 Å². The minimum Gasteiger partial charge on any atom is -0.508 e. The van der Waals surface area contributed by atoms with Crippen LogP contribution in [-0.2, 0) is 6.61 Å². The molecule has 39 heavy (non-hydrogen) atoms. The highest BCUT2D eigenvalue weighted by Gasteiger charge is 2.08. The summed E-state index contributed by atoms with van der Waals surface area (Å²) in [5, 5.41) is 62.4. The van der Waals surface area contributed by atoms with E-state index in [1.807, 2.05) is 0 Å². The van der Waals surface area contributed by atoms with Crippen LogP contribution < -0.4 is 9.47 Å². The van der Waals surface area contributed by atoms with Gasteiger partial charge in [-0.25, -0.2) is 0 Å². The molecule has 0 saturated heterocycles. The quantitative estimate of drug-likeness (QED) is 0.215. The summed E-state index contributed by atoms with van der Waals surface area (Å²) < 4.78 is 9.87.